The van der Waals surface area contributed by atoms with Gasteiger partial charge in [-0.2, -0.15) is 0 Å². The van der Waals surface area contributed by atoms with Gasteiger partial charge in [-0.15, -0.1) is 6.58 Å². The number of phenolic OH excluding ortho intramolecular Hbond substituents is 1. The number of phenols is 1. The molecule has 4 nitrogen and oxygen atoms in total. The molecule has 3 N–H and O–H groups in total. The lowest BCUT2D eigenvalue weighted by molar-refractivity contribution is 0.0207. The third-order valence-corrected chi connectivity index (χ3v) is 5.13. The van der Waals surface area contributed by atoms with E-state index >= 15 is 0 Å². The van der Waals surface area contributed by atoms with Crippen LogP contribution < -0.4 is 0 Å². The summed E-state index contributed by atoms with van der Waals surface area (Å²) < 4.78 is 5.26. The zero-order valence-corrected chi connectivity index (χ0v) is 17.1. The molecule has 1 aromatic carbocycles. The predicted octanol–water partition coefficient (Wildman–Crippen LogP) is 5.46. The molecule has 2 rings (SSSR count). The lowest BCUT2D eigenvalue weighted by Gasteiger charge is -2.24. The van der Waals surface area contributed by atoms with Gasteiger partial charge < -0.3 is 19.7 Å². The van der Waals surface area contributed by atoms with Crippen LogP contribution in [-0.2, 0) is 0 Å². The average molecular weight is 385 g/mol. The smallest absolute Gasteiger partial charge is 0.132 e. The standard InChI is InChI=1S/C24H32O4/c1-5-8-18(15-19-13-16(3)23(26)17(4)14-19)10-11-21(25)20(6-2)24(27)22-9-7-12-28-22/h6-7,9,12-15,20-21,24-27H,2,5,8,10-11H2,1,3-4H3/b18-15+/t20-,21-,24+/m1/s1. The van der Waals surface area contributed by atoms with Gasteiger partial charge in [0.15, 0.2) is 0 Å². The number of furan rings is 1. The van der Waals surface area contributed by atoms with Crippen LogP contribution in [0.25, 0.3) is 6.08 Å². The second kappa shape index (κ2) is 10.3. The minimum Gasteiger partial charge on any atom is -0.507 e. The first-order chi connectivity index (χ1) is 13.4. The van der Waals surface area contributed by atoms with Gasteiger partial charge in [0.1, 0.15) is 17.6 Å². The number of rotatable bonds is 10. The van der Waals surface area contributed by atoms with E-state index in [1.165, 1.54) is 11.8 Å². The lowest BCUT2D eigenvalue weighted by Crippen LogP contribution is -2.25. The summed E-state index contributed by atoms with van der Waals surface area (Å²) in [6.07, 6.45) is 6.80. The van der Waals surface area contributed by atoms with Crippen molar-refractivity contribution in [3.05, 3.63) is 71.2 Å². The van der Waals surface area contributed by atoms with Crippen LogP contribution in [0.1, 0.15) is 61.2 Å². The Morgan fingerprint density at radius 3 is 2.39 bits per heavy atom. The number of aliphatic hydroxyl groups excluding tert-OH is 2. The molecule has 1 aromatic heterocycles. The molecule has 28 heavy (non-hydrogen) atoms. The van der Waals surface area contributed by atoms with Crippen LogP contribution in [0.15, 0.2) is 53.2 Å². The van der Waals surface area contributed by atoms with Crippen molar-refractivity contribution in [1.29, 1.82) is 0 Å². The SMILES string of the molecule is C=C[C@H]([C@H](O)CC/C(=C/c1cc(C)c(O)c(C)c1)CCC)[C@H](O)c1ccco1. The number of allylic oxidation sites excluding steroid dienone is 1. The molecule has 0 aliphatic rings. The number of aliphatic hydroxyl groups is 2. The highest BCUT2D eigenvalue weighted by molar-refractivity contribution is 5.58. The fourth-order valence-corrected chi connectivity index (χ4v) is 3.57. The third kappa shape index (κ3) is 5.60. The number of hydrogen-bond acceptors (Lipinski definition) is 4. The van der Waals surface area contributed by atoms with Crippen LogP contribution in [-0.4, -0.2) is 21.4 Å². The molecular formula is C24H32O4. The molecule has 4 heteroatoms. The summed E-state index contributed by atoms with van der Waals surface area (Å²) in [5.41, 5.74) is 4.01. The van der Waals surface area contributed by atoms with E-state index in [4.69, 9.17) is 4.42 Å². The first-order valence-corrected chi connectivity index (χ1v) is 9.89. The molecule has 0 aliphatic heterocycles. The van der Waals surface area contributed by atoms with Crippen molar-refractivity contribution >= 4 is 6.08 Å². The van der Waals surface area contributed by atoms with Gasteiger partial charge in [-0.25, -0.2) is 0 Å². The minimum atomic E-state index is -0.913. The van der Waals surface area contributed by atoms with E-state index < -0.39 is 18.1 Å². The maximum absolute atomic E-state index is 10.7. The Hall–Kier alpha value is -2.30. The van der Waals surface area contributed by atoms with Gasteiger partial charge in [-0.05, 0) is 74.1 Å². The van der Waals surface area contributed by atoms with Gasteiger partial charge in [-0.3, -0.25) is 0 Å². The van der Waals surface area contributed by atoms with Gasteiger partial charge in [-0.1, -0.05) is 31.1 Å². The van der Waals surface area contributed by atoms with Crippen LogP contribution >= 0.6 is 0 Å². The Morgan fingerprint density at radius 2 is 1.86 bits per heavy atom. The first kappa shape index (κ1) is 22.0. The zero-order chi connectivity index (χ0) is 20.7. The van der Waals surface area contributed by atoms with Crippen molar-refractivity contribution in [2.24, 2.45) is 5.92 Å². The van der Waals surface area contributed by atoms with E-state index in [9.17, 15) is 15.3 Å². The van der Waals surface area contributed by atoms with Gasteiger partial charge in [0.05, 0.1) is 12.4 Å². The molecule has 0 unspecified atom stereocenters. The van der Waals surface area contributed by atoms with E-state index in [2.05, 4.69) is 19.6 Å². The highest BCUT2D eigenvalue weighted by Crippen LogP contribution is 2.30. The molecule has 0 aliphatic carbocycles. The normalized spacial score (nSPS) is 15.2. The summed E-state index contributed by atoms with van der Waals surface area (Å²) in [6, 6.07) is 7.36. The fourth-order valence-electron chi connectivity index (χ4n) is 3.57. The maximum atomic E-state index is 10.7. The molecular weight excluding hydrogens is 352 g/mol. The van der Waals surface area contributed by atoms with Crippen molar-refractivity contribution in [3.8, 4) is 5.75 Å². The monoisotopic (exact) mass is 384 g/mol. The zero-order valence-electron chi connectivity index (χ0n) is 17.1. The second-order valence-corrected chi connectivity index (χ2v) is 7.44. The van der Waals surface area contributed by atoms with Gasteiger partial charge in [0.2, 0.25) is 0 Å². The molecule has 152 valence electrons. The second-order valence-electron chi connectivity index (χ2n) is 7.44. The van der Waals surface area contributed by atoms with E-state index in [1.807, 2.05) is 26.0 Å². The van der Waals surface area contributed by atoms with E-state index in [1.54, 1.807) is 18.2 Å². The van der Waals surface area contributed by atoms with Crippen LogP contribution in [0.4, 0.5) is 0 Å². The summed E-state index contributed by atoms with van der Waals surface area (Å²) in [5, 5.41) is 31.1. The van der Waals surface area contributed by atoms with E-state index in [0.29, 0.717) is 17.9 Å². The van der Waals surface area contributed by atoms with Gasteiger partial charge in [0.25, 0.3) is 0 Å². The largest absolute Gasteiger partial charge is 0.507 e. The predicted molar refractivity (Wildman–Crippen MR) is 113 cm³/mol. The molecule has 0 spiro atoms. The van der Waals surface area contributed by atoms with Crippen molar-refractivity contribution in [3.63, 3.8) is 0 Å². The molecule has 0 fully saturated rings. The Labute approximate surface area is 167 Å². The molecule has 1 heterocycles. The van der Waals surface area contributed by atoms with Crippen molar-refractivity contribution in [2.45, 2.75) is 58.7 Å². The highest BCUT2D eigenvalue weighted by atomic mass is 16.4. The Morgan fingerprint density at radius 1 is 1.18 bits per heavy atom. The lowest BCUT2D eigenvalue weighted by atomic mass is 9.89. The summed E-state index contributed by atoms with van der Waals surface area (Å²) >= 11 is 0. The van der Waals surface area contributed by atoms with E-state index in [-0.39, 0.29) is 0 Å². The fraction of sp³-hybridized carbons (Fsp3) is 0.417. The maximum Gasteiger partial charge on any atom is 0.132 e. The van der Waals surface area contributed by atoms with Gasteiger partial charge in [0, 0.05) is 5.92 Å². The number of aryl methyl sites for hydroxylation is 2. The van der Waals surface area contributed by atoms with Crippen molar-refractivity contribution in [1.82, 2.24) is 0 Å². The Kier molecular flexibility index (Phi) is 8.09. The molecule has 0 saturated carbocycles. The molecule has 3 atom stereocenters. The summed E-state index contributed by atoms with van der Waals surface area (Å²) in [4.78, 5) is 0. The van der Waals surface area contributed by atoms with Gasteiger partial charge >= 0.3 is 0 Å². The third-order valence-electron chi connectivity index (χ3n) is 5.13. The number of benzene rings is 1. The molecule has 0 bridgehead atoms. The minimum absolute atomic E-state index is 0.338. The Bertz CT molecular complexity index is 766. The molecule has 0 saturated heterocycles. The molecule has 0 amide bonds. The number of aromatic hydroxyl groups is 1. The Balaban J connectivity index is 2.10. The van der Waals surface area contributed by atoms with Crippen LogP contribution in [0, 0.1) is 19.8 Å². The molecule has 2 aromatic rings. The van der Waals surface area contributed by atoms with Crippen LogP contribution in [0.3, 0.4) is 0 Å². The average Bonchev–Trinajstić information content (AvgIpc) is 3.19. The van der Waals surface area contributed by atoms with Crippen molar-refractivity contribution in [2.75, 3.05) is 0 Å². The topological polar surface area (TPSA) is 73.8 Å². The van der Waals surface area contributed by atoms with E-state index in [0.717, 1.165) is 36.0 Å². The molecule has 0 radical (unpaired) electrons. The quantitative estimate of drug-likeness (QED) is 0.475. The van der Waals surface area contributed by atoms with Crippen LogP contribution in [0.5, 0.6) is 5.75 Å². The summed E-state index contributed by atoms with van der Waals surface area (Å²) in [7, 11) is 0. The summed E-state index contributed by atoms with van der Waals surface area (Å²) in [6.45, 7) is 9.69. The summed E-state index contributed by atoms with van der Waals surface area (Å²) in [5.74, 6) is 0.279. The van der Waals surface area contributed by atoms with Crippen LogP contribution in [0.2, 0.25) is 0 Å². The highest BCUT2D eigenvalue weighted by Gasteiger charge is 2.27. The number of hydrogen-bond donors (Lipinski definition) is 3. The first-order valence-electron chi connectivity index (χ1n) is 9.89. The van der Waals surface area contributed by atoms with Crippen molar-refractivity contribution < 1.29 is 19.7 Å².